The lowest BCUT2D eigenvalue weighted by atomic mass is 9.75. The number of ether oxygens (including phenoxy) is 1. The molecule has 0 amide bonds. The minimum Gasteiger partial charge on any atom is -0.504 e. The number of phenols is 1. The molecule has 2 N–H and O–H groups in total. The zero-order valence-corrected chi connectivity index (χ0v) is 13.1. The summed E-state index contributed by atoms with van der Waals surface area (Å²) >= 11 is 6.03. The van der Waals surface area contributed by atoms with E-state index < -0.39 is 0 Å². The Morgan fingerprint density at radius 2 is 2.10 bits per heavy atom. The van der Waals surface area contributed by atoms with Crippen LogP contribution in [0.4, 0.5) is 0 Å². The third-order valence-electron chi connectivity index (χ3n) is 4.34. The zero-order chi connectivity index (χ0) is 14.8. The van der Waals surface area contributed by atoms with Gasteiger partial charge >= 0.3 is 0 Å². The number of nitrogens with zero attached hydrogens (tertiary/aromatic N) is 1. The second kappa shape index (κ2) is 6.20. The SMILES string of the molecule is COc1cc(Cl)cc(CNCC2(N(C)C)CCC2)c1O. The highest BCUT2D eigenvalue weighted by atomic mass is 35.5. The topological polar surface area (TPSA) is 44.7 Å². The van der Waals surface area contributed by atoms with Crippen molar-refractivity contribution in [3.63, 3.8) is 0 Å². The van der Waals surface area contributed by atoms with Crippen LogP contribution in [0.5, 0.6) is 11.5 Å². The van der Waals surface area contributed by atoms with Crippen LogP contribution in [0.2, 0.25) is 5.02 Å². The standard InChI is InChI=1S/C15H23ClN2O2/c1-18(2)15(5-4-6-15)10-17-9-11-7-12(16)8-13(20-3)14(11)19/h7-8,17,19H,4-6,9-10H2,1-3H3. The van der Waals surface area contributed by atoms with Crippen molar-refractivity contribution < 1.29 is 9.84 Å². The maximum atomic E-state index is 10.1. The highest BCUT2D eigenvalue weighted by Gasteiger charge is 2.38. The van der Waals surface area contributed by atoms with E-state index in [0.29, 0.717) is 17.3 Å². The van der Waals surface area contributed by atoms with Gasteiger partial charge in [0.05, 0.1) is 7.11 Å². The molecule has 20 heavy (non-hydrogen) atoms. The van der Waals surface area contributed by atoms with Gasteiger partial charge in [-0.3, -0.25) is 0 Å². The average molecular weight is 299 g/mol. The Balaban J connectivity index is 1.99. The molecule has 1 aliphatic rings. The lowest BCUT2D eigenvalue weighted by Crippen LogP contribution is -2.56. The second-order valence-corrected chi connectivity index (χ2v) is 6.13. The number of nitrogens with one attached hydrogen (secondary N) is 1. The van der Waals surface area contributed by atoms with E-state index in [4.69, 9.17) is 16.3 Å². The molecule has 0 aliphatic heterocycles. The number of phenolic OH excluding ortho intramolecular Hbond substituents is 1. The molecule has 112 valence electrons. The number of hydrogen-bond acceptors (Lipinski definition) is 4. The van der Waals surface area contributed by atoms with Gasteiger partial charge in [0.2, 0.25) is 0 Å². The fourth-order valence-corrected chi connectivity index (χ4v) is 2.95. The molecule has 0 heterocycles. The Labute approximate surface area is 125 Å². The summed E-state index contributed by atoms with van der Waals surface area (Å²) in [5.74, 6) is 0.581. The zero-order valence-electron chi connectivity index (χ0n) is 12.4. The molecule has 1 fully saturated rings. The van der Waals surface area contributed by atoms with Crippen LogP contribution in [0, 0.1) is 0 Å². The predicted molar refractivity (Wildman–Crippen MR) is 81.6 cm³/mol. The largest absolute Gasteiger partial charge is 0.504 e. The van der Waals surface area contributed by atoms with Crippen LogP contribution in [0.15, 0.2) is 12.1 Å². The van der Waals surface area contributed by atoms with E-state index in [1.54, 1.807) is 12.1 Å². The van der Waals surface area contributed by atoms with Gasteiger partial charge in [-0.05, 0) is 39.4 Å². The molecule has 1 aromatic rings. The first-order valence-corrected chi connectivity index (χ1v) is 7.30. The fraction of sp³-hybridized carbons (Fsp3) is 0.600. The monoisotopic (exact) mass is 298 g/mol. The normalized spacial score (nSPS) is 17.1. The van der Waals surface area contributed by atoms with E-state index in [0.717, 1.165) is 12.1 Å². The summed E-state index contributed by atoms with van der Waals surface area (Å²) in [7, 11) is 5.78. The Morgan fingerprint density at radius 1 is 1.40 bits per heavy atom. The average Bonchev–Trinajstić information content (AvgIpc) is 2.35. The van der Waals surface area contributed by atoms with Gasteiger partial charge in [-0.1, -0.05) is 11.6 Å². The van der Waals surface area contributed by atoms with Crippen LogP contribution < -0.4 is 10.1 Å². The van der Waals surface area contributed by atoms with E-state index in [9.17, 15) is 5.11 Å². The van der Waals surface area contributed by atoms with Crippen molar-refractivity contribution in [3.05, 3.63) is 22.7 Å². The predicted octanol–water partition coefficient (Wildman–Crippen LogP) is 2.63. The van der Waals surface area contributed by atoms with Gasteiger partial charge in [-0.25, -0.2) is 0 Å². The quantitative estimate of drug-likeness (QED) is 0.847. The Bertz CT molecular complexity index is 473. The number of methoxy groups -OCH3 is 1. The Hall–Kier alpha value is -0.970. The highest BCUT2D eigenvalue weighted by Crippen LogP contribution is 2.36. The molecule has 4 nitrogen and oxygen atoms in total. The summed E-state index contributed by atoms with van der Waals surface area (Å²) < 4.78 is 5.11. The van der Waals surface area contributed by atoms with Crippen LogP contribution in [-0.4, -0.2) is 43.3 Å². The van der Waals surface area contributed by atoms with Crippen LogP contribution in [-0.2, 0) is 6.54 Å². The molecule has 1 aromatic carbocycles. The smallest absolute Gasteiger partial charge is 0.162 e. The number of halogens is 1. The molecule has 2 rings (SSSR count). The molecule has 1 saturated carbocycles. The number of aromatic hydroxyl groups is 1. The van der Waals surface area contributed by atoms with Gasteiger partial charge in [0, 0.05) is 35.3 Å². The third kappa shape index (κ3) is 3.03. The Morgan fingerprint density at radius 3 is 2.60 bits per heavy atom. The van der Waals surface area contributed by atoms with Crippen molar-refractivity contribution in [1.29, 1.82) is 0 Å². The molecular formula is C15H23ClN2O2. The van der Waals surface area contributed by atoms with Crippen LogP contribution in [0.3, 0.4) is 0 Å². The van der Waals surface area contributed by atoms with Crippen molar-refractivity contribution in [1.82, 2.24) is 10.2 Å². The summed E-state index contributed by atoms with van der Waals surface area (Å²) in [4.78, 5) is 2.29. The summed E-state index contributed by atoms with van der Waals surface area (Å²) in [6.07, 6.45) is 3.73. The molecule has 5 heteroatoms. The van der Waals surface area contributed by atoms with Crippen LogP contribution in [0.1, 0.15) is 24.8 Å². The first kappa shape index (κ1) is 15.4. The van der Waals surface area contributed by atoms with E-state index in [1.807, 2.05) is 0 Å². The molecule has 0 unspecified atom stereocenters. The Kier molecular flexibility index (Phi) is 4.78. The highest BCUT2D eigenvalue weighted by molar-refractivity contribution is 6.30. The summed E-state index contributed by atoms with van der Waals surface area (Å²) in [5.41, 5.74) is 1.03. The second-order valence-electron chi connectivity index (χ2n) is 5.69. The van der Waals surface area contributed by atoms with E-state index in [1.165, 1.54) is 26.4 Å². The van der Waals surface area contributed by atoms with Crippen molar-refractivity contribution in [2.75, 3.05) is 27.7 Å². The van der Waals surface area contributed by atoms with E-state index in [-0.39, 0.29) is 11.3 Å². The van der Waals surface area contributed by atoms with Gasteiger partial charge in [0.25, 0.3) is 0 Å². The number of benzene rings is 1. The minimum absolute atomic E-state index is 0.164. The van der Waals surface area contributed by atoms with E-state index in [2.05, 4.69) is 24.3 Å². The summed E-state index contributed by atoms with van der Waals surface area (Å²) in [6, 6.07) is 3.39. The number of likely N-dealkylation sites (N-methyl/N-ethyl adjacent to an activating group) is 1. The first-order chi connectivity index (χ1) is 9.48. The first-order valence-electron chi connectivity index (χ1n) is 6.92. The van der Waals surface area contributed by atoms with Crippen molar-refractivity contribution in [3.8, 4) is 11.5 Å². The van der Waals surface area contributed by atoms with Gasteiger partial charge in [0.1, 0.15) is 0 Å². The minimum atomic E-state index is 0.164. The molecule has 1 aliphatic carbocycles. The van der Waals surface area contributed by atoms with Crippen molar-refractivity contribution >= 4 is 11.6 Å². The van der Waals surface area contributed by atoms with Gasteiger partial charge in [0.15, 0.2) is 11.5 Å². The maximum absolute atomic E-state index is 10.1. The van der Waals surface area contributed by atoms with E-state index >= 15 is 0 Å². The molecule has 0 atom stereocenters. The summed E-state index contributed by atoms with van der Waals surface area (Å²) in [6.45, 7) is 1.49. The maximum Gasteiger partial charge on any atom is 0.162 e. The molecule has 0 saturated heterocycles. The lowest BCUT2D eigenvalue weighted by Gasteiger charge is -2.47. The van der Waals surface area contributed by atoms with Crippen molar-refractivity contribution in [2.45, 2.75) is 31.3 Å². The fourth-order valence-electron chi connectivity index (χ4n) is 2.72. The van der Waals surface area contributed by atoms with Gasteiger partial charge in [-0.2, -0.15) is 0 Å². The van der Waals surface area contributed by atoms with Gasteiger partial charge < -0.3 is 20.1 Å². The molecule has 0 bridgehead atoms. The van der Waals surface area contributed by atoms with Crippen LogP contribution in [0.25, 0.3) is 0 Å². The van der Waals surface area contributed by atoms with Gasteiger partial charge in [-0.15, -0.1) is 0 Å². The van der Waals surface area contributed by atoms with Crippen LogP contribution >= 0.6 is 11.6 Å². The third-order valence-corrected chi connectivity index (χ3v) is 4.56. The molecule has 0 spiro atoms. The molecule has 0 radical (unpaired) electrons. The van der Waals surface area contributed by atoms with Crippen molar-refractivity contribution in [2.24, 2.45) is 0 Å². The number of rotatable bonds is 6. The molecular weight excluding hydrogens is 276 g/mol. The molecule has 0 aromatic heterocycles. The lowest BCUT2D eigenvalue weighted by molar-refractivity contribution is 0.0597. The number of hydrogen-bond donors (Lipinski definition) is 2. The summed E-state index contributed by atoms with van der Waals surface area (Å²) in [5, 5.41) is 14.1.